The number of primary amides is 1. The lowest BCUT2D eigenvalue weighted by Gasteiger charge is -2.21. The van der Waals surface area contributed by atoms with Crippen LogP contribution < -0.4 is 5.73 Å². The van der Waals surface area contributed by atoms with Gasteiger partial charge in [-0.05, 0) is 26.0 Å². The maximum Gasteiger partial charge on any atom is 0.250 e. The first-order valence-electron chi connectivity index (χ1n) is 4.92. The molecule has 0 spiro atoms. The van der Waals surface area contributed by atoms with Crippen LogP contribution in [0.4, 0.5) is 4.39 Å². The minimum Gasteiger partial charge on any atom is -0.387 e. The topological polar surface area (TPSA) is 76.2 Å². The molecule has 16 heavy (non-hydrogen) atoms. The number of amides is 1. The molecule has 88 valence electrons. The molecule has 4 nitrogen and oxygen atoms in total. The zero-order valence-electron chi connectivity index (χ0n) is 9.27. The molecule has 1 aromatic rings. The first-order chi connectivity index (χ1) is 7.30. The zero-order valence-corrected chi connectivity index (χ0v) is 9.27. The van der Waals surface area contributed by atoms with E-state index >= 15 is 0 Å². The molecule has 5 heteroatoms. The first kappa shape index (κ1) is 12.6. The second-order valence-corrected chi connectivity index (χ2v) is 4.23. The second kappa shape index (κ2) is 4.57. The number of hydrogen-bond donors (Lipinski definition) is 2. The molecule has 1 amide bonds. The Hall–Kier alpha value is -1.49. The molecular formula is C11H15FN2O2. The van der Waals surface area contributed by atoms with Gasteiger partial charge in [-0.25, -0.2) is 4.39 Å². The van der Waals surface area contributed by atoms with Crippen molar-refractivity contribution in [2.45, 2.75) is 32.0 Å². The quantitative estimate of drug-likeness (QED) is 0.798. The van der Waals surface area contributed by atoms with E-state index in [0.29, 0.717) is 5.69 Å². The first-order valence-corrected chi connectivity index (χ1v) is 4.92. The van der Waals surface area contributed by atoms with Gasteiger partial charge in [-0.1, -0.05) is 0 Å². The number of nitrogens with zero attached hydrogens (tertiary/aromatic N) is 1. The van der Waals surface area contributed by atoms with Crippen molar-refractivity contribution < 1.29 is 14.3 Å². The van der Waals surface area contributed by atoms with Crippen LogP contribution in [0.2, 0.25) is 0 Å². The van der Waals surface area contributed by atoms with Crippen molar-refractivity contribution in [2.24, 2.45) is 5.73 Å². The van der Waals surface area contributed by atoms with E-state index < -0.39 is 17.7 Å². The van der Waals surface area contributed by atoms with Crippen LogP contribution in [0.25, 0.3) is 0 Å². The normalized spacial score (nSPS) is 13.5. The molecule has 1 atom stereocenters. The van der Waals surface area contributed by atoms with Crippen LogP contribution in [0.1, 0.15) is 29.9 Å². The third-order valence-corrected chi connectivity index (χ3v) is 2.26. The highest BCUT2D eigenvalue weighted by Crippen LogP contribution is 2.16. The fourth-order valence-corrected chi connectivity index (χ4v) is 1.12. The van der Waals surface area contributed by atoms with Crippen molar-refractivity contribution in [3.05, 3.63) is 29.6 Å². The lowest BCUT2D eigenvalue weighted by atomic mass is 9.99. The standard InChI is InChI=1S/C11H15FN2O2/c1-11(2,16)9(12)5-8-4-3-7(6-14-8)10(13)15/h3-4,6,9,16H,5H2,1-2H3,(H2,13,15). The molecule has 1 rings (SSSR count). The fourth-order valence-electron chi connectivity index (χ4n) is 1.12. The van der Waals surface area contributed by atoms with Gasteiger partial charge in [0.05, 0.1) is 11.2 Å². The molecule has 1 heterocycles. The van der Waals surface area contributed by atoms with Gasteiger partial charge in [0, 0.05) is 18.3 Å². The Balaban J connectivity index is 2.73. The number of aromatic nitrogens is 1. The third kappa shape index (κ3) is 3.27. The lowest BCUT2D eigenvalue weighted by Crippen LogP contribution is -2.34. The van der Waals surface area contributed by atoms with Crippen LogP contribution in [-0.4, -0.2) is 27.8 Å². The third-order valence-electron chi connectivity index (χ3n) is 2.26. The van der Waals surface area contributed by atoms with E-state index in [9.17, 15) is 14.3 Å². The molecule has 1 unspecified atom stereocenters. The molecule has 1 aromatic heterocycles. The van der Waals surface area contributed by atoms with E-state index in [1.165, 1.54) is 32.2 Å². The molecule has 0 aliphatic heterocycles. The van der Waals surface area contributed by atoms with Crippen molar-refractivity contribution in [3.63, 3.8) is 0 Å². The van der Waals surface area contributed by atoms with E-state index in [1.54, 1.807) is 0 Å². The van der Waals surface area contributed by atoms with Gasteiger partial charge in [0.2, 0.25) is 5.91 Å². The minimum absolute atomic E-state index is 0.00252. The maximum atomic E-state index is 13.5. The van der Waals surface area contributed by atoms with E-state index in [2.05, 4.69) is 4.98 Å². The average Bonchev–Trinajstić information content (AvgIpc) is 2.17. The summed E-state index contributed by atoms with van der Waals surface area (Å²) in [6, 6.07) is 3.01. The van der Waals surface area contributed by atoms with Crippen LogP contribution in [0.3, 0.4) is 0 Å². The Morgan fingerprint density at radius 1 is 1.62 bits per heavy atom. The van der Waals surface area contributed by atoms with Crippen LogP contribution in [0.15, 0.2) is 18.3 Å². The zero-order chi connectivity index (χ0) is 12.3. The van der Waals surface area contributed by atoms with Crippen LogP contribution >= 0.6 is 0 Å². The number of hydrogen-bond acceptors (Lipinski definition) is 3. The van der Waals surface area contributed by atoms with Crippen LogP contribution in [0, 0.1) is 0 Å². The van der Waals surface area contributed by atoms with Crippen LogP contribution in [-0.2, 0) is 6.42 Å². The molecule has 3 N–H and O–H groups in total. The number of pyridine rings is 1. The summed E-state index contributed by atoms with van der Waals surface area (Å²) in [5.41, 5.74) is 4.39. The van der Waals surface area contributed by atoms with E-state index in [1.807, 2.05) is 0 Å². The number of carbonyl (C=O) groups excluding carboxylic acids is 1. The summed E-state index contributed by atoms with van der Waals surface area (Å²) >= 11 is 0. The average molecular weight is 226 g/mol. The van der Waals surface area contributed by atoms with Gasteiger partial charge in [0.15, 0.2) is 0 Å². The number of aliphatic hydroxyl groups is 1. The van der Waals surface area contributed by atoms with Crippen molar-refractivity contribution in [2.75, 3.05) is 0 Å². The summed E-state index contributed by atoms with van der Waals surface area (Å²) in [5, 5.41) is 9.41. The summed E-state index contributed by atoms with van der Waals surface area (Å²) in [7, 11) is 0. The number of alkyl halides is 1. The van der Waals surface area contributed by atoms with Crippen LogP contribution in [0.5, 0.6) is 0 Å². The molecule has 0 aromatic carbocycles. The van der Waals surface area contributed by atoms with Crippen molar-refractivity contribution in [3.8, 4) is 0 Å². The van der Waals surface area contributed by atoms with Gasteiger partial charge >= 0.3 is 0 Å². The van der Waals surface area contributed by atoms with E-state index in [0.717, 1.165) is 0 Å². The SMILES string of the molecule is CC(C)(O)C(F)Cc1ccc(C(N)=O)cn1. The highest BCUT2D eigenvalue weighted by atomic mass is 19.1. The lowest BCUT2D eigenvalue weighted by molar-refractivity contribution is -0.00300. The van der Waals surface area contributed by atoms with Crippen molar-refractivity contribution in [1.82, 2.24) is 4.98 Å². The van der Waals surface area contributed by atoms with Gasteiger partial charge in [-0.2, -0.15) is 0 Å². The van der Waals surface area contributed by atoms with Gasteiger partial charge in [-0.15, -0.1) is 0 Å². The summed E-state index contributed by atoms with van der Waals surface area (Å²) in [5.74, 6) is -0.571. The Bertz CT molecular complexity index is 371. The molecule has 0 bridgehead atoms. The molecule has 0 saturated carbocycles. The van der Waals surface area contributed by atoms with Gasteiger partial charge in [0.1, 0.15) is 6.17 Å². The number of carbonyl (C=O) groups is 1. The molecule has 0 aliphatic carbocycles. The Morgan fingerprint density at radius 2 is 2.25 bits per heavy atom. The highest BCUT2D eigenvalue weighted by Gasteiger charge is 2.26. The fraction of sp³-hybridized carbons (Fsp3) is 0.455. The summed E-state index contributed by atoms with van der Waals surface area (Å²) in [6.45, 7) is 2.80. The summed E-state index contributed by atoms with van der Waals surface area (Å²) in [4.78, 5) is 14.7. The molecule has 0 saturated heterocycles. The van der Waals surface area contributed by atoms with Crippen molar-refractivity contribution in [1.29, 1.82) is 0 Å². The largest absolute Gasteiger partial charge is 0.387 e. The number of rotatable bonds is 4. The number of halogens is 1. The summed E-state index contributed by atoms with van der Waals surface area (Å²) < 4.78 is 13.5. The Morgan fingerprint density at radius 3 is 2.62 bits per heavy atom. The Labute approximate surface area is 93.3 Å². The molecular weight excluding hydrogens is 211 g/mol. The number of nitrogens with two attached hydrogens (primary N) is 1. The highest BCUT2D eigenvalue weighted by molar-refractivity contribution is 5.92. The molecule has 0 fully saturated rings. The maximum absolute atomic E-state index is 13.5. The predicted octanol–water partition coefficient (Wildman–Crippen LogP) is 0.832. The second-order valence-electron chi connectivity index (χ2n) is 4.23. The van der Waals surface area contributed by atoms with Crippen molar-refractivity contribution >= 4 is 5.91 Å². The monoisotopic (exact) mass is 226 g/mol. The summed E-state index contributed by atoms with van der Waals surface area (Å²) in [6.07, 6.45) is -0.100. The van der Waals surface area contributed by atoms with Gasteiger partial charge in [0.25, 0.3) is 0 Å². The minimum atomic E-state index is -1.40. The van der Waals surface area contributed by atoms with Gasteiger partial charge < -0.3 is 10.8 Å². The molecule has 0 radical (unpaired) electrons. The predicted molar refractivity (Wildman–Crippen MR) is 57.7 cm³/mol. The van der Waals surface area contributed by atoms with E-state index in [-0.39, 0.29) is 12.0 Å². The smallest absolute Gasteiger partial charge is 0.250 e. The molecule has 0 aliphatic rings. The van der Waals surface area contributed by atoms with E-state index in [4.69, 9.17) is 5.73 Å². The van der Waals surface area contributed by atoms with Gasteiger partial charge in [-0.3, -0.25) is 9.78 Å². The Kier molecular flexibility index (Phi) is 3.59.